The fourth-order valence-corrected chi connectivity index (χ4v) is 10.1. The molecular formula is C48H57N11O6. The van der Waals surface area contributed by atoms with E-state index < -0.39 is 11.9 Å². The van der Waals surface area contributed by atoms with Crippen molar-refractivity contribution in [2.45, 2.75) is 121 Å². The Morgan fingerprint density at radius 1 is 0.969 bits per heavy atom. The number of hydrogen-bond acceptors (Lipinski definition) is 13. The second-order valence-corrected chi connectivity index (χ2v) is 17.5. The number of fused-ring (bicyclic) bond motifs is 2. The van der Waals surface area contributed by atoms with Gasteiger partial charge in [-0.05, 0) is 81.2 Å². The van der Waals surface area contributed by atoms with Gasteiger partial charge in [0.2, 0.25) is 23.7 Å². The van der Waals surface area contributed by atoms with Crippen molar-refractivity contribution in [1.82, 2.24) is 40.5 Å². The van der Waals surface area contributed by atoms with Gasteiger partial charge in [0.1, 0.15) is 29.2 Å². The van der Waals surface area contributed by atoms with Crippen molar-refractivity contribution in [3.05, 3.63) is 65.5 Å². The van der Waals surface area contributed by atoms with Gasteiger partial charge in [0, 0.05) is 61.8 Å². The van der Waals surface area contributed by atoms with Crippen molar-refractivity contribution in [2.75, 3.05) is 49.0 Å². The zero-order valence-electron chi connectivity index (χ0n) is 37.3. The van der Waals surface area contributed by atoms with Crippen LogP contribution < -0.4 is 30.5 Å². The Bertz CT molecular complexity index is 2500. The Balaban J connectivity index is 0.723. The SMILES string of the molecule is CCC1C(=O)N(C)c2cnc(Nc3ccc(-c4cn(C5CCC(NCCOCCC#Cc6cccc7c6CN(C6CCC(=O)NC6=O)C7=O)CC5)nn4)cc3OC)nc2N1C1CCCC1. The van der Waals surface area contributed by atoms with E-state index in [4.69, 9.17) is 14.5 Å². The van der Waals surface area contributed by atoms with E-state index in [1.807, 2.05) is 41.2 Å². The fourth-order valence-electron chi connectivity index (χ4n) is 10.1. The van der Waals surface area contributed by atoms with Gasteiger partial charge in [-0.15, -0.1) is 5.10 Å². The fraction of sp³-hybridized carbons (Fsp3) is 0.500. The third kappa shape index (κ3) is 9.14. The van der Waals surface area contributed by atoms with Gasteiger partial charge in [0.25, 0.3) is 5.91 Å². The molecule has 9 rings (SSSR count). The quantitative estimate of drug-likeness (QED) is 0.0844. The van der Waals surface area contributed by atoms with Crippen LogP contribution >= 0.6 is 0 Å². The van der Waals surface area contributed by atoms with Gasteiger partial charge in [0.15, 0.2) is 5.82 Å². The summed E-state index contributed by atoms with van der Waals surface area (Å²) in [6, 6.07) is 11.4. The number of aromatic nitrogens is 5. The minimum atomic E-state index is -0.649. The molecule has 4 aromatic rings. The van der Waals surface area contributed by atoms with Crippen LogP contribution in [0.5, 0.6) is 5.75 Å². The topological polar surface area (TPSA) is 189 Å². The van der Waals surface area contributed by atoms with E-state index >= 15 is 0 Å². The van der Waals surface area contributed by atoms with E-state index in [0.717, 1.165) is 97.5 Å². The molecule has 0 spiro atoms. The highest BCUT2D eigenvalue weighted by Crippen LogP contribution is 2.41. The molecule has 0 bridgehead atoms. The van der Waals surface area contributed by atoms with Gasteiger partial charge >= 0.3 is 0 Å². The van der Waals surface area contributed by atoms with Crippen LogP contribution in [-0.4, -0.2) is 112 Å². The van der Waals surface area contributed by atoms with Crippen LogP contribution in [0, 0.1) is 11.8 Å². The number of amides is 4. The normalized spacial score (nSPS) is 22.1. The minimum absolute atomic E-state index is 0.0871. The first kappa shape index (κ1) is 43.9. The summed E-state index contributed by atoms with van der Waals surface area (Å²) in [6.45, 7) is 4.20. The summed E-state index contributed by atoms with van der Waals surface area (Å²) in [5, 5.41) is 18.4. The molecule has 5 heterocycles. The Kier molecular flexibility index (Phi) is 13.1. The Morgan fingerprint density at radius 2 is 1.80 bits per heavy atom. The van der Waals surface area contributed by atoms with Gasteiger partial charge in [-0.1, -0.05) is 49.0 Å². The number of piperidine rings is 1. The number of likely N-dealkylation sites (N-methyl/N-ethyl adjacent to an activating group) is 1. The van der Waals surface area contributed by atoms with Crippen LogP contribution in [0.4, 0.5) is 23.1 Å². The highest BCUT2D eigenvalue weighted by molar-refractivity contribution is 6.06. The third-order valence-electron chi connectivity index (χ3n) is 13.6. The summed E-state index contributed by atoms with van der Waals surface area (Å²) < 4.78 is 13.7. The molecule has 17 nitrogen and oxygen atoms in total. The maximum atomic E-state index is 13.3. The predicted molar refractivity (Wildman–Crippen MR) is 244 cm³/mol. The first-order chi connectivity index (χ1) is 31.7. The summed E-state index contributed by atoms with van der Waals surface area (Å²) in [5.74, 6) is 7.41. The van der Waals surface area contributed by atoms with Gasteiger partial charge in [0.05, 0.1) is 44.4 Å². The molecule has 5 aliphatic rings. The number of rotatable bonds is 14. The average Bonchev–Trinajstić information content (AvgIpc) is 4.11. The van der Waals surface area contributed by atoms with Crippen molar-refractivity contribution >= 4 is 46.8 Å². The number of hydrogen-bond donors (Lipinski definition) is 3. The highest BCUT2D eigenvalue weighted by atomic mass is 16.5. The lowest BCUT2D eigenvalue weighted by atomic mass is 9.91. The molecule has 3 aliphatic heterocycles. The number of ether oxygens (including phenoxy) is 2. The maximum absolute atomic E-state index is 13.3. The number of imide groups is 1. The molecule has 2 atom stereocenters. The Morgan fingerprint density at radius 3 is 2.58 bits per heavy atom. The molecule has 65 heavy (non-hydrogen) atoms. The first-order valence-corrected chi connectivity index (χ1v) is 23.1. The molecule has 2 aromatic heterocycles. The van der Waals surface area contributed by atoms with Gasteiger partial charge < -0.3 is 34.8 Å². The lowest BCUT2D eigenvalue weighted by Crippen LogP contribution is -2.55. The number of anilines is 4. The Hall–Kier alpha value is -6.38. The van der Waals surface area contributed by atoms with Crippen LogP contribution in [0.25, 0.3) is 11.3 Å². The zero-order chi connectivity index (χ0) is 45.0. The summed E-state index contributed by atoms with van der Waals surface area (Å²) in [5.41, 5.74) is 5.27. The van der Waals surface area contributed by atoms with E-state index in [1.165, 1.54) is 0 Å². The maximum Gasteiger partial charge on any atom is 0.255 e. The number of benzene rings is 2. The van der Waals surface area contributed by atoms with Crippen LogP contribution in [0.15, 0.2) is 48.8 Å². The Labute approximate surface area is 379 Å². The second-order valence-electron chi connectivity index (χ2n) is 17.5. The first-order valence-electron chi connectivity index (χ1n) is 23.1. The number of carbonyl (C=O) groups excluding carboxylic acids is 4. The molecule has 3 fully saturated rings. The second kappa shape index (κ2) is 19.4. The van der Waals surface area contributed by atoms with Crippen LogP contribution in [0.2, 0.25) is 0 Å². The molecular weight excluding hydrogens is 827 g/mol. The minimum Gasteiger partial charge on any atom is -0.495 e. The van der Waals surface area contributed by atoms with Crippen molar-refractivity contribution in [3.63, 3.8) is 0 Å². The summed E-state index contributed by atoms with van der Waals surface area (Å²) in [4.78, 5) is 65.5. The standard InChI is InChI=1S/C48H57N11O6/c1-4-39-47(63)56(2)41-27-50-48(53-44(41)59(39)34-12-5-6-13-34)51-37-20-15-31(26-42(37)64-3)38-29-58(55-54-38)33-18-16-32(17-19-33)49-23-25-65-24-8-7-10-30-11-9-14-35-36(30)28-57(46(35)62)40-21-22-43(60)52-45(40)61/h9,11,14-15,20,26-27,29,32-34,39-40,49H,4-6,8,12-13,16-19,21-25,28H2,1-3H3,(H,50,51,53)(H,52,60,61). The number of nitrogens with zero attached hydrogens (tertiary/aromatic N) is 8. The predicted octanol–water partition coefficient (Wildman–Crippen LogP) is 5.28. The zero-order valence-corrected chi connectivity index (χ0v) is 37.3. The van der Waals surface area contributed by atoms with Crippen LogP contribution in [0.1, 0.15) is 112 Å². The van der Waals surface area contributed by atoms with Gasteiger partial charge in [-0.2, -0.15) is 4.98 Å². The van der Waals surface area contributed by atoms with Gasteiger partial charge in [-0.25, -0.2) is 9.67 Å². The van der Waals surface area contributed by atoms with E-state index in [-0.39, 0.29) is 42.3 Å². The van der Waals surface area contributed by atoms with Crippen molar-refractivity contribution in [2.24, 2.45) is 0 Å². The van der Waals surface area contributed by atoms with Gasteiger partial charge in [-0.3, -0.25) is 24.5 Å². The number of carbonyl (C=O) groups is 4. The third-order valence-corrected chi connectivity index (χ3v) is 13.6. The number of methoxy groups -OCH3 is 1. The molecule has 3 N–H and O–H groups in total. The lowest BCUT2D eigenvalue weighted by molar-refractivity contribution is -0.137. The van der Waals surface area contributed by atoms with E-state index in [2.05, 4.69) is 54.9 Å². The molecule has 4 amide bonds. The average molecular weight is 884 g/mol. The molecule has 2 aliphatic carbocycles. The highest BCUT2D eigenvalue weighted by Gasteiger charge is 2.42. The summed E-state index contributed by atoms with van der Waals surface area (Å²) >= 11 is 0. The molecule has 2 saturated carbocycles. The monoisotopic (exact) mass is 883 g/mol. The van der Waals surface area contributed by atoms with Crippen LogP contribution in [0.3, 0.4) is 0 Å². The molecule has 2 aromatic carbocycles. The van der Waals surface area contributed by atoms with Crippen molar-refractivity contribution in [3.8, 4) is 28.8 Å². The van der Waals surface area contributed by atoms with Crippen molar-refractivity contribution in [1.29, 1.82) is 0 Å². The van der Waals surface area contributed by atoms with Crippen LogP contribution in [-0.2, 0) is 25.7 Å². The molecule has 0 radical (unpaired) electrons. The van der Waals surface area contributed by atoms with Crippen molar-refractivity contribution < 1.29 is 28.7 Å². The summed E-state index contributed by atoms with van der Waals surface area (Å²) in [6.07, 6.45) is 14.0. The van der Waals surface area contributed by atoms with E-state index in [9.17, 15) is 19.2 Å². The van der Waals surface area contributed by atoms with E-state index in [0.29, 0.717) is 62.3 Å². The molecule has 340 valence electrons. The number of nitrogens with one attached hydrogen (secondary N) is 3. The molecule has 17 heteroatoms. The molecule has 1 saturated heterocycles. The summed E-state index contributed by atoms with van der Waals surface area (Å²) in [7, 11) is 3.45. The van der Waals surface area contributed by atoms with E-state index in [1.54, 1.807) is 36.2 Å². The smallest absolute Gasteiger partial charge is 0.255 e. The lowest BCUT2D eigenvalue weighted by Gasteiger charge is -2.43. The largest absolute Gasteiger partial charge is 0.495 e. The molecule has 2 unspecified atom stereocenters.